The first-order chi connectivity index (χ1) is 18.2. The lowest BCUT2D eigenvalue weighted by molar-refractivity contribution is 0.0566. The number of nitrogens with one attached hydrogen (secondary N) is 1. The molecule has 2 aliphatic heterocycles. The van der Waals surface area contributed by atoms with Crippen LogP contribution in [0.3, 0.4) is 0 Å². The summed E-state index contributed by atoms with van der Waals surface area (Å²) in [5, 5.41) is 3.32. The number of amides is 1. The number of hydrogen-bond donors (Lipinski definition) is 1. The number of ether oxygens (including phenoxy) is 3. The van der Waals surface area contributed by atoms with Gasteiger partial charge in [0.15, 0.2) is 0 Å². The minimum atomic E-state index is -0.593. The number of rotatable bonds is 5. The van der Waals surface area contributed by atoms with Crippen molar-refractivity contribution in [2.75, 3.05) is 41.9 Å². The molecule has 1 amide bonds. The SMILES string of the molecule is COc1ccc(CNc2ncc3c(n2)CN(c2cnc4c(c2C)N(C(=O)OC(C)(C)C)CCO4)CC3)cc1. The summed E-state index contributed by atoms with van der Waals surface area (Å²) in [6.45, 7) is 10.4. The molecule has 2 aliphatic rings. The normalized spacial score (nSPS) is 14.8. The number of fused-ring (bicyclic) bond motifs is 2. The molecule has 0 saturated carbocycles. The van der Waals surface area contributed by atoms with E-state index >= 15 is 0 Å². The molecule has 4 heterocycles. The Labute approximate surface area is 223 Å². The number of carbonyl (C=O) groups is 1. The van der Waals surface area contributed by atoms with Crippen molar-refractivity contribution in [3.05, 3.63) is 59.0 Å². The van der Waals surface area contributed by atoms with Crippen LogP contribution in [0, 0.1) is 6.92 Å². The summed E-state index contributed by atoms with van der Waals surface area (Å²) in [4.78, 5) is 30.8. The number of anilines is 3. The van der Waals surface area contributed by atoms with Crippen molar-refractivity contribution in [3.63, 3.8) is 0 Å². The quantitative estimate of drug-likeness (QED) is 0.523. The largest absolute Gasteiger partial charge is 0.497 e. The van der Waals surface area contributed by atoms with E-state index in [1.54, 1.807) is 12.0 Å². The van der Waals surface area contributed by atoms with Crippen LogP contribution in [0.1, 0.15) is 43.2 Å². The second-order valence-electron chi connectivity index (χ2n) is 10.4. The summed E-state index contributed by atoms with van der Waals surface area (Å²) < 4.78 is 16.7. The van der Waals surface area contributed by atoms with Crippen molar-refractivity contribution >= 4 is 23.4 Å². The molecule has 10 nitrogen and oxygen atoms in total. The number of hydrogen-bond acceptors (Lipinski definition) is 9. The van der Waals surface area contributed by atoms with Gasteiger partial charge in [-0.15, -0.1) is 0 Å². The van der Waals surface area contributed by atoms with Crippen LogP contribution in [0.5, 0.6) is 11.6 Å². The smallest absolute Gasteiger partial charge is 0.415 e. The van der Waals surface area contributed by atoms with Crippen molar-refractivity contribution in [2.45, 2.75) is 52.8 Å². The number of carbonyl (C=O) groups excluding carboxylic acids is 1. The van der Waals surface area contributed by atoms with E-state index in [4.69, 9.17) is 19.2 Å². The van der Waals surface area contributed by atoms with Crippen molar-refractivity contribution in [2.24, 2.45) is 0 Å². The minimum absolute atomic E-state index is 0.373. The van der Waals surface area contributed by atoms with E-state index in [1.165, 1.54) is 0 Å². The lowest BCUT2D eigenvalue weighted by Crippen LogP contribution is -2.42. The summed E-state index contributed by atoms with van der Waals surface area (Å²) in [6.07, 6.45) is 4.15. The van der Waals surface area contributed by atoms with Crippen LogP contribution in [0.2, 0.25) is 0 Å². The number of aromatic nitrogens is 3. The summed E-state index contributed by atoms with van der Waals surface area (Å²) in [5.41, 5.74) is 5.17. The molecule has 0 unspecified atom stereocenters. The number of benzene rings is 1. The molecule has 0 radical (unpaired) electrons. The first-order valence-corrected chi connectivity index (χ1v) is 12.8. The van der Waals surface area contributed by atoms with Gasteiger partial charge < -0.3 is 24.4 Å². The first kappa shape index (κ1) is 25.6. The fourth-order valence-corrected chi connectivity index (χ4v) is 4.67. The van der Waals surface area contributed by atoms with Gasteiger partial charge >= 0.3 is 6.09 Å². The Morgan fingerprint density at radius 1 is 1.13 bits per heavy atom. The molecule has 0 atom stereocenters. The molecule has 3 aromatic rings. The standard InChI is InChI=1S/C28H34N6O4/c1-18-23(16-29-25-24(18)34(12-13-37-25)27(35)38-28(2,3)4)33-11-10-20-15-31-26(32-22(20)17-33)30-14-19-6-8-21(36-5)9-7-19/h6-9,15-16H,10-14,17H2,1-5H3,(H,30,31,32). The predicted octanol–water partition coefficient (Wildman–Crippen LogP) is 4.50. The average molecular weight is 519 g/mol. The van der Waals surface area contributed by atoms with Crippen LogP contribution in [0.4, 0.5) is 22.1 Å². The first-order valence-electron chi connectivity index (χ1n) is 12.8. The van der Waals surface area contributed by atoms with Gasteiger partial charge in [0.25, 0.3) is 0 Å². The average Bonchev–Trinajstić information content (AvgIpc) is 2.90. The highest BCUT2D eigenvalue weighted by atomic mass is 16.6. The number of methoxy groups -OCH3 is 1. The van der Waals surface area contributed by atoms with Gasteiger partial charge in [0, 0.05) is 24.8 Å². The zero-order chi connectivity index (χ0) is 26.9. The van der Waals surface area contributed by atoms with Crippen molar-refractivity contribution in [1.29, 1.82) is 0 Å². The summed E-state index contributed by atoms with van der Waals surface area (Å²) in [7, 11) is 1.66. The molecule has 38 heavy (non-hydrogen) atoms. The molecule has 5 rings (SSSR count). The summed E-state index contributed by atoms with van der Waals surface area (Å²) >= 11 is 0. The number of pyridine rings is 1. The Hall–Kier alpha value is -4.08. The van der Waals surface area contributed by atoms with E-state index in [0.29, 0.717) is 43.8 Å². The zero-order valence-electron chi connectivity index (χ0n) is 22.6. The van der Waals surface area contributed by atoms with E-state index in [0.717, 1.165) is 46.8 Å². The highest BCUT2D eigenvalue weighted by Gasteiger charge is 2.32. The topological polar surface area (TPSA) is 102 Å². The molecule has 1 N–H and O–H groups in total. The highest BCUT2D eigenvalue weighted by Crippen LogP contribution is 2.39. The Balaban J connectivity index is 1.34. The minimum Gasteiger partial charge on any atom is -0.497 e. The van der Waals surface area contributed by atoms with E-state index < -0.39 is 11.7 Å². The third kappa shape index (κ3) is 5.44. The monoisotopic (exact) mass is 518 g/mol. The van der Waals surface area contributed by atoms with Crippen molar-refractivity contribution in [3.8, 4) is 11.6 Å². The van der Waals surface area contributed by atoms with Gasteiger partial charge in [-0.25, -0.2) is 19.7 Å². The molecule has 10 heteroatoms. The Morgan fingerprint density at radius 3 is 2.66 bits per heavy atom. The molecule has 0 saturated heterocycles. The Morgan fingerprint density at radius 2 is 1.92 bits per heavy atom. The van der Waals surface area contributed by atoms with Gasteiger partial charge in [0.2, 0.25) is 11.8 Å². The Kier molecular flexibility index (Phi) is 6.96. The van der Waals surface area contributed by atoms with Crippen LogP contribution in [-0.4, -0.2) is 53.5 Å². The molecular formula is C28H34N6O4. The van der Waals surface area contributed by atoms with Gasteiger partial charge in [-0.05, 0) is 57.4 Å². The van der Waals surface area contributed by atoms with Crippen LogP contribution in [0.25, 0.3) is 0 Å². The van der Waals surface area contributed by atoms with Gasteiger partial charge in [-0.3, -0.25) is 4.90 Å². The molecule has 0 bridgehead atoms. The maximum Gasteiger partial charge on any atom is 0.415 e. The van der Waals surface area contributed by atoms with Gasteiger partial charge in [0.05, 0.1) is 37.8 Å². The zero-order valence-corrected chi connectivity index (χ0v) is 22.6. The molecule has 0 aliphatic carbocycles. The third-order valence-corrected chi connectivity index (χ3v) is 6.58. The summed E-state index contributed by atoms with van der Waals surface area (Å²) in [6, 6.07) is 7.91. The van der Waals surface area contributed by atoms with E-state index in [-0.39, 0.29) is 0 Å². The second kappa shape index (κ2) is 10.4. The molecule has 1 aromatic carbocycles. The molecule has 2 aromatic heterocycles. The fraction of sp³-hybridized carbons (Fsp3) is 0.429. The predicted molar refractivity (Wildman–Crippen MR) is 145 cm³/mol. The number of nitrogens with zero attached hydrogens (tertiary/aromatic N) is 5. The lowest BCUT2D eigenvalue weighted by Gasteiger charge is -2.35. The maximum absolute atomic E-state index is 13.0. The Bertz CT molecular complexity index is 1320. The van der Waals surface area contributed by atoms with Gasteiger partial charge in [0.1, 0.15) is 23.6 Å². The van der Waals surface area contributed by atoms with E-state index in [2.05, 4.69) is 20.2 Å². The van der Waals surface area contributed by atoms with Crippen LogP contribution in [-0.2, 0) is 24.2 Å². The van der Waals surface area contributed by atoms with Crippen LogP contribution >= 0.6 is 0 Å². The van der Waals surface area contributed by atoms with Crippen LogP contribution in [0.15, 0.2) is 36.7 Å². The maximum atomic E-state index is 13.0. The third-order valence-electron chi connectivity index (χ3n) is 6.58. The van der Waals surface area contributed by atoms with E-state index in [9.17, 15) is 4.79 Å². The molecular weight excluding hydrogens is 484 g/mol. The summed E-state index contributed by atoms with van der Waals surface area (Å²) in [5.74, 6) is 1.87. The van der Waals surface area contributed by atoms with Gasteiger partial charge in [-0.2, -0.15) is 0 Å². The van der Waals surface area contributed by atoms with Gasteiger partial charge in [-0.1, -0.05) is 12.1 Å². The molecule has 200 valence electrons. The van der Waals surface area contributed by atoms with Crippen LogP contribution < -0.4 is 24.6 Å². The van der Waals surface area contributed by atoms with E-state index in [1.807, 2.05) is 64.4 Å². The van der Waals surface area contributed by atoms with Crippen molar-refractivity contribution in [1.82, 2.24) is 15.0 Å². The molecule has 0 fully saturated rings. The highest BCUT2D eigenvalue weighted by molar-refractivity contribution is 5.92. The second-order valence-corrected chi connectivity index (χ2v) is 10.4. The lowest BCUT2D eigenvalue weighted by atomic mass is 10.0. The molecule has 0 spiro atoms. The fourth-order valence-electron chi connectivity index (χ4n) is 4.67. The van der Waals surface area contributed by atoms with Crippen molar-refractivity contribution < 1.29 is 19.0 Å².